The summed E-state index contributed by atoms with van der Waals surface area (Å²) in [4.78, 5) is 12.1. The number of fused-ring (bicyclic) bond motifs is 1. The maximum atomic E-state index is 12.1. The van der Waals surface area contributed by atoms with Crippen LogP contribution in [0, 0.1) is 23.2 Å². The molecule has 3 heteroatoms. The summed E-state index contributed by atoms with van der Waals surface area (Å²) < 4.78 is 5.72. The summed E-state index contributed by atoms with van der Waals surface area (Å²) in [6.45, 7) is 3.91. The number of hydrogen-bond donors (Lipinski definition) is 0. The molecule has 3 nitrogen and oxygen atoms in total. The predicted octanol–water partition coefficient (Wildman–Crippen LogP) is 2.43. The standard InChI is InChI=1S/C13H13NO2/c1-8(2)13-10(7-14)12(15)9-5-3-4-6-11(9)16-13/h3-6,8,10,13H,1-2H3/t10-,13+/m1/s1. The van der Waals surface area contributed by atoms with Crippen molar-refractivity contribution in [2.75, 3.05) is 0 Å². The van der Waals surface area contributed by atoms with Gasteiger partial charge in [-0.3, -0.25) is 4.79 Å². The van der Waals surface area contributed by atoms with Gasteiger partial charge in [0.2, 0.25) is 0 Å². The number of benzene rings is 1. The minimum atomic E-state index is -0.685. The van der Waals surface area contributed by atoms with E-state index in [0.29, 0.717) is 11.3 Å². The fourth-order valence-corrected chi connectivity index (χ4v) is 1.96. The van der Waals surface area contributed by atoms with E-state index in [1.165, 1.54) is 0 Å². The van der Waals surface area contributed by atoms with Crippen molar-refractivity contribution in [2.24, 2.45) is 11.8 Å². The summed E-state index contributed by atoms with van der Waals surface area (Å²) in [5.41, 5.74) is 0.519. The molecule has 0 bridgehead atoms. The third-order valence-corrected chi connectivity index (χ3v) is 2.82. The van der Waals surface area contributed by atoms with Gasteiger partial charge in [-0.15, -0.1) is 0 Å². The molecule has 1 aliphatic rings. The lowest BCUT2D eigenvalue weighted by Gasteiger charge is -2.31. The second-order valence-corrected chi connectivity index (χ2v) is 4.29. The normalized spacial score (nSPS) is 23.5. The number of nitrogens with zero attached hydrogens (tertiary/aromatic N) is 1. The molecule has 0 aromatic heterocycles. The number of nitriles is 1. The third-order valence-electron chi connectivity index (χ3n) is 2.82. The molecule has 0 saturated heterocycles. The van der Waals surface area contributed by atoms with E-state index < -0.39 is 5.92 Å². The molecule has 1 aromatic rings. The highest BCUT2D eigenvalue weighted by Crippen LogP contribution is 2.33. The van der Waals surface area contributed by atoms with E-state index in [4.69, 9.17) is 10.00 Å². The van der Waals surface area contributed by atoms with Crippen molar-refractivity contribution in [1.29, 1.82) is 5.26 Å². The largest absolute Gasteiger partial charge is 0.488 e. The van der Waals surface area contributed by atoms with Crippen LogP contribution in [0.25, 0.3) is 0 Å². The zero-order valence-electron chi connectivity index (χ0n) is 9.31. The Labute approximate surface area is 94.6 Å². The van der Waals surface area contributed by atoms with Crippen LogP contribution in [0.4, 0.5) is 0 Å². The molecule has 0 aliphatic carbocycles. The van der Waals surface area contributed by atoms with Crippen molar-refractivity contribution < 1.29 is 9.53 Å². The van der Waals surface area contributed by atoms with E-state index in [1.54, 1.807) is 18.2 Å². The van der Waals surface area contributed by atoms with E-state index in [1.807, 2.05) is 19.9 Å². The number of rotatable bonds is 1. The van der Waals surface area contributed by atoms with Crippen molar-refractivity contribution in [3.05, 3.63) is 29.8 Å². The van der Waals surface area contributed by atoms with Gasteiger partial charge in [0, 0.05) is 0 Å². The van der Waals surface area contributed by atoms with E-state index in [9.17, 15) is 4.79 Å². The molecule has 1 heterocycles. The van der Waals surface area contributed by atoms with Gasteiger partial charge in [-0.25, -0.2) is 0 Å². The Hall–Kier alpha value is -1.82. The van der Waals surface area contributed by atoms with Crippen LogP contribution in [0.2, 0.25) is 0 Å². The number of carbonyl (C=O) groups is 1. The molecule has 2 rings (SSSR count). The Morgan fingerprint density at radius 3 is 2.69 bits per heavy atom. The average molecular weight is 215 g/mol. The van der Waals surface area contributed by atoms with Crippen LogP contribution in [0.1, 0.15) is 24.2 Å². The maximum Gasteiger partial charge on any atom is 0.187 e. The quantitative estimate of drug-likeness (QED) is 0.722. The first-order valence-corrected chi connectivity index (χ1v) is 5.34. The lowest BCUT2D eigenvalue weighted by atomic mass is 9.85. The second-order valence-electron chi connectivity index (χ2n) is 4.29. The lowest BCUT2D eigenvalue weighted by Crippen LogP contribution is -2.40. The molecule has 0 radical (unpaired) electrons. The number of Topliss-reactive ketones (excluding diaryl/α,β-unsaturated/α-hetero) is 1. The minimum absolute atomic E-state index is 0.122. The number of para-hydroxylation sites is 1. The summed E-state index contributed by atoms with van der Waals surface area (Å²) in [6, 6.07) is 9.14. The van der Waals surface area contributed by atoms with Crippen LogP contribution >= 0.6 is 0 Å². The predicted molar refractivity (Wildman–Crippen MR) is 59.1 cm³/mol. The van der Waals surface area contributed by atoms with Gasteiger partial charge in [-0.05, 0) is 18.1 Å². The van der Waals surface area contributed by atoms with Crippen molar-refractivity contribution >= 4 is 5.78 Å². The molecule has 0 fully saturated rings. The topological polar surface area (TPSA) is 50.1 Å². The Bertz CT molecular complexity index is 459. The molecule has 82 valence electrons. The molecule has 0 saturated carbocycles. The highest BCUT2D eigenvalue weighted by atomic mass is 16.5. The van der Waals surface area contributed by atoms with Crippen LogP contribution in [-0.2, 0) is 0 Å². The number of ketones is 1. The minimum Gasteiger partial charge on any atom is -0.488 e. The first kappa shape index (κ1) is 10.7. The summed E-state index contributed by atoms with van der Waals surface area (Å²) >= 11 is 0. The molecule has 0 unspecified atom stereocenters. The molecule has 16 heavy (non-hydrogen) atoms. The Kier molecular flexibility index (Phi) is 2.66. The first-order chi connectivity index (χ1) is 7.65. The summed E-state index contributed by atoms with van der Waals surface area (Å²) in [5, 5.41) is 9.06. The van der Waals surface area contributed by atoms with Crippen LogP contribution in [-0.4, -0.2) is 11.9 Å². The fraction of sp³-hybridized carbons (Fsp3) is 0.385. The molecular weight excluding hydrogens is 202 g/mol. The van der Waals surface area contributed by atoms with Gasteiger partial charge in [-0.2, -0.15) is 5.26 Å². The lowest BCUT2D eigenvalue weighted by molar-refractivity contribution is 0.0635. The van der Waals surface area contributed by atoms with Crippen LogP contribution in [0.3, 0.4) is 0 Å². The van der Waals surface area contributed by atoms with Crippen molar-refractivity contribution in [3.63, 3.8) is 0 Å². The smallest absolute Gasteiger partial charge is 0.187 e. The Morgan fingerprint density at radius 2 is 2.06 bits per heavy atom. The van der Waals surface area contributed by atoms with Gasteiger partial charge in [0.05, 0.1) is 11.6 Å². The van der Waals surface area contributed by atoms with Gasteiger partial charge in [0.25, 0.3) is 0 Å². The van der Waals surface area contributed by atoms with Crippen molar-refractivity contribution in [1.82, 2.24) is 0 Å². The molecule has 2 atom stereocenters. The number of ether oxygens (including phenoxy) is 1. The van der Waals surface area contributed by atoms with E-state index >= 15 is 0 Å². The fourth-order valence-electron chi connectivity index (χ4n) is 1.96. The summed E-state index contributed by atoms with van der Waals surface area (Å²) in [7, 11) is 0. The summed E-state index contributed by atoms with van der Waals surface area (Å²) in [6.07, 6.45) is -0.340. The van der Waals surface area contributed by atoms with E-state index in [2.05, 4.69) is 6.07 Å². The van der Waals surface area contributed by atoms with Gasteiger partial charge in [0.15, 0.2) is 5.78 Å². The third kappa shape index (κ3) is 1.57. The maximum absolute atomic E-state index is 12.1. The molecule has 1 aromatic carbocycles. The van der Waals surface area contributed by atoms with Crippen LogP contribution in [0.5, 0.6) is 5.75 Å². The molecule has 1 aliphatic heterocycles. The van der Waals surface area contributed by atoms with Crippen LogP contribution in [0.15, 0.2) is 24.3 Å². The zero-order chi connectivity index (χ0) is 11.7. The number of hydrogen-bond acceptors (Lipinski definition) is 3. The van der Waals surface area contributed by atoms with E-state index in [0.717, 1.165) is 0 Å². The zero-order valence-corrected chi connectivity index (χ0v) is 9.31. The highest BCUT2D eigenvalue weighted by Gasteiger charge is 2.38. The van der Waals surface area contributed by atoms with Crippen molar-refractivity contribution in [3.8, 4) is 11.8 Å². The van der Waals surface area contributed by atoms with Crippen molar-refractivity contribution in [2.45, 2.75) is 20.0 Å². The summed E-state index contributed by atoms with van der Waals surface area (Å²) in [5.74, 6) is -0.0717. The van der Waals surface area contributed by atoms with Gasteiger partial charge < -0.3 is 4.74 Å². The Morgan fingerprint density at radius 1 is 1.38 bits per heavy atom. The molecule has 0 amide bonds. The van der Waals surface area contributed by atoms with Crippen LogP contribution < -0.4 is 4.74 Å². The Balaban J connectivity index is 2.46. The number of carbonyl (C=O) groups excluding carboxylic acids is 1. The SMILES string of the molecule is CC(C)[C@@H]1Oc2ccccc2C(=O)[C@H]1C#N. The van der Waals surface area contributed by atoms with E-state index in [-0.39, 0.29) is 17.8 Å². The molecule has 0 spiro atoms. The van der Waals surface area contributed by atoms with Gasteiger partial charge in [-0.1, -0.05) is 26.0 Å². The molecule has 0 N–H and O–H groups in total. The first-order valence-electron chi connectivity index (χ1n) is 5.34. The van der Waals surface area contributed by atoms with Gasteiger partial charge in [0.1, 0.15) is 17.8 Å². The highest BCUT2D eigenvalue weighted by molar-refractivity contribution is 6.03. The van der Waals surface area contributed by atoms with Gasteiger partial charge >= 0.3 is 0 Å². The monoisotopic (exact) mass is 215 g/mol. The second kappa shape index (κ2) is 3.97. The molecular formula is C13H13NO2. The average Bonchev–Trinajstić information content (AvgIpc) is 2.29.